The van der Waals surface area contributed by atoms with E-state index in [9.17, 15) is 26.4 Å². The van der Waals surface area contributed by atoms with Crippen molar-refractivity contribution in [3.63, 3.8) is 0 Å². The van der Waals surface area contributed by atoms with Crippen LogP contribution in [0.3, 0.4) is 0 Å². The molecule has 0 aliphatic carbocycles. The molecule has 5 nitrogen and oxygen atoms in total. The molecule has 0 aliphatic rings. The molecule has 0 amide bonds. The van der Waals surface area contributed by atoms with Crippen molar-refractivity contribution >= 4 is 49.2 Å². The molecule has 0 saturated carbocycles. The number of halogens is 3. The van der Waals surface area contributed by atoms with Gasteiger partial charge in [0.2, 0.25) is 0 Å². The van der Waals surface area contributed by atoms with Crippen molar-refractivity contribution in [1.29, 1.82) is 0 Å². The van der Waals surface area contributed by atoms with E-state index >= 15 is 0 Å². The standard InChI is InChI=1S/C26H30F3NO4S3/c1-5-12-30(15-17(3)35-21-9-6-19(16(2)13-21)7-11-24(31)32)37(33,34)25-18(4)22-14-20(26(27,28)29)8-10-23(22)36-25/h6,8-10,13-14,17H,5,7,11-12,15H2,1-4H3,(H,31,32)/t17-/m1/s1. The SMILES string of the molecule is CCCN(C[C@@H](C)Sc1ccc(CCC(=O)O)c(C)c1)S(=O)(=O)c1sc2ccc(C(F)(F)F)cc2c1C. The van der Waals surface area contributed by atoms with Gasteiger partial charge in [0, 0.05) is 34.4 Å². The number of aliphatic carboxylic acids is 1. The van der Waals surface area contributed by atoms with Gasteiger partial charge >= 0.3 is 12.1 Å². The molecule has 0 fully saturated rings. The molecule has 37 heavy (non-hydrogen) atoms. The predicted octanol–water partition coefficient (Wildman–Crippen LogP) is 7.14. The van der Waals surface area contributed by atoms with Crippen molar-refractivity contribution in [2.45, 2.75) is 67.5 Å². The predicted molar refractivity (Wildman–Crippen MR) is 143 cm³/mol. The van der Waals surface area contributed by atoms with Crippen LogP contribution in [0.2, 0.25) is 0 Å². The largest absolute Gasteiger partial charge is 0.481 e. The number of carboxylic acid groups (broad SMARTS) is 1. The summed E-state index contributed by atoms with van der Waals surface area (Å²) < 4.78 is 68.9. The van der Waals surface area contributed by atoms with Gasteiger partial charge in [-0.2, -0.15) is 17.5 Å². The van der Waals surface area contributed by atoms with Crippen LogP contribution >= 0.6 is 23.1 Å². The second-order valence-corrected chi connectivity index (χ2v) is 13.7. The highest BCUT2D eigenvalue weighted by Gasteiger charge is 2.33. The molecule has 0 saturated heterocycles. The van der Waals surface area contributed by atoms with Crippen LogP contribution in [-0.2, 0) is 27.4 Å². The van der Waals surface area contributed by atoms with Crippen LogP contribution in [0.5, 0.6) is 0 Å². The number of aryl methyl sites for hydroxylation is 3. The van der Waals surface area contributed by atoms with E-state index in [0.717, 1.165) is 39.5 Å². The number of benzene rings is 2. The summed E-state index contributed by atoms with van der Waals surface area (Å²) in [4.78, 5) is 11.8. The molecule has 202 valence electrons. The second kappa shape index (κ2) is 11.8. The van der Waals surface area contributed by atoms with Crippen LogP contribution in [0.1, 0.15) is 48.9 Å². The lowest BCUT2D eigenvalue weighted by molar-refractivity contribution is -0.138. The van der Waals surface area contributed by atoms with E-state index in [1.54, 1.807) is 6.92 Å². The fourth-order valence-corrected chi connectivity index (χ4v) is 8.82. The first-order valence-corrected chi connectivity index (χ1v) is 15.0. The van der Waals surface area contributed by atoms with Crippen LogP contribution < -0.4 is 0 Å². The smallest absolute Gasteiger partial charge is 0.416 e. The fraction of sp³-hybridized carbons (Fsp3) is 0.423. The first kappa shape index (κ1) is 29.5. The lowest BCUT2D eigenvalue weighted by atomic mass is 10.0. The van der Waals surface area contributed by atoms with Crippen molar-refractivity contribution < 1.29 is 31.5 Å². The van der Waals surface area contributed by atoms with Crippen LogP contribution in [-0.4, -0.2) is 42.1 Å². The quantitative estimate of drug-likeness (QED) is 0.247. The summed E-state index contributed by atoms with van der Waals surface area (Å²) >= 11 is 2.53. The minimum Gasteiger partial charge on any atom is -0.481 e. The van der Waals surface area contributed by atoms with E-state index in [-0.39, 0.29) is 22.4 Å². The molecule has 0 bridgehead atoms. The molecule has 1 aromatic heterocycles. The number of carboxylic acids is 1. The molecular formula is C26H30F3NO4S3. The minimum absolute atomic E-state index is 0.0578. The highest BCUT2D eigenvalue weighted by molar-refractivity contribution is 8.00. The van der Waals surface area contributed by atoms with Crippen molar-refractivity contribution in [3.05, 3.63) is 58.7 Å². The summed E-state index contributed by atoms with van der Waals surface area (Å²) in [7, 11) is -3.92. The Balaban J connectivity index is 1.82. The Bertz CT molecular complexity index is 1380. The van der Waals surface area contributed by atoms with Crippen molar-refractivity contribution in [1.82, 2.24) is 4.31 Å². The van der Waals surface area contributed by atoms with Crippen LogP contribution in [0.15, 0.2) is 45.5 Å². The van der Waals surface area contributed by atoms with Crippen molar-refractivity contribution in [3.8, 4) is 0 Å². The zero-order valence-corrected chi connectivity index (χ0v) is 23.5. The number of alkyl halides is 3. The first-order chi connectivity index (χ1) is 17.2. The lowest BCUT2D eigenvalue weighted by Gasteiger charge is -2.24. The van der Waals surface area contributed by atoms with Gasteiger partial charge in [0.05, 0.1) is 5.56 Å². The highest BCUT2D eigenvalue weighted by Crippen LogP contribution is 2.39. The van der Waals surface area contributed by atoms with E-state index in [4.69, 9.17) is 5.11 Å². The molecule has 1 N–H and O–H groups in total. The van der Waals surface area contributed by atoms with Crippen molar-refractivity contribution in [2.75, 3.05) is 13.1 Å². The molecule has 0 spiro atoms. The molecule has 0 radical (unpaired) electrons. The zero-order valence-electron chi connectivity index (χ0n) is 21.1. The summed E-state index contributed by atoms with van der Waals surface area (Å²) in [6, 6.07) is 9.13. The van der Waals surface area contributed by atoms with Crippen LogP contribution in [0.4, 0.5) is 13.2 Å². The molecule has 1 atom stereocenters. The third-order valence-electron chi connectivity index (χ3n) is 5.99. The Kier molecular flexibility index (Phi) is 9.36. The summed E-state index contributed by atoms with van der Waals surface area (Å²) in [5.74, 6) is -0.849. The summed E-state index contributed by atoms with van der Waals surface area (Å²) in [5, 5.41) is 9.12. The summed E-state index contributed by atoms with van der Waals surface area (Å²) in [5.41, 5.74) is 1.48. The third kappa shape index (κ3) is 7.07. The number of fused-ring (bicyclic) bond motifs is 1. The van der Waals surface area contributed by atoms with E-state index in [2.05, 4.69) is 0 Å². The average Bonchev–Trinajstić information content (AvgIpc) is 3.14. The lowest BCUT2D eigenvalue weighted by Crippen LogP contribution is -2.36. The summed E-state index contributed by atoms with van der Waals surface area (Å²) in [6.07, 6.45) is -3.41. The fourth-order valence-electron chi connectivity index (χ4n) is 4.12. The molecule has 11 heteroatoms. The van der Waals surface area contributed by atoms with Gasteiger partial charge in [0.15, 0.2) is 0 Å². The molecule has 3 aromatic rings. The van der Waals surface area contributed by atoms with Gasteiger partial charge in [-0.05, 0) is 79.1 Å². The van der Waals surface area contributed by atoms with E-state index in [0.29, 0.717) is 35.0 Å². The Morgan fingerprint density at radius 3 is 2.46 bits per heavy atom. The number of hydrogen-bond acceptors (Lipinski definition) is 5. The Morgan fingerprint density at radius 1 is 1.16 bits per heavy atom. The number of thiophene rings is 1. The van der Waals surface area contributed by atoms with Gasteiger partial charge < -0.3 is 5.11 Å². The molecule has 0 unspecified atom stereocenters. The maximum Gasteiger partial charge on any atom is 0.416 e. The van der Waals surface area contributed by atoms with E-state index < -0.39 is 27.7 Å². The van der Waals surface area contributed by atoms with Crippen LogP contribution in [0.25, 0.3) is 10.1 Å². The maximum absolute atomic E-state index is 13.7. The Labute approximate surface area is 223 Å². The molecule has 3 rings (SSSR count). The molecule has 1 heterocycles. The Morgan fingerprint density at radius 2 is 1.86 bits per heavy atom. The number of nitrogens with zero attached hydrogens (tertiary/aromatic N) is 1. The number of thioether (sulfide) groups is 1. The number of hydrogen-bond donors (Lipinski definition) is 1. The number of sulfonamides is 1. The highest BCUT2D eigenvalue weighted by atomic mass is 32.2. The molecular weight excluding hydrogens is 543 g/mol. The van der Waals surface area contributed by atoms with Gasteiger partial charge in [0.1, 0.15) is 4.21 Å². The number of rotatable bonds is 11. The van der Waals surface area contributed by atoms with Gasteiger partial charge in [-0.1, -0.05) is 19.9 Å². The average molecular weight is 574 g/mol. The summed E-state index contributed by atoms with van der Waals surface area (Å²) in [6.45, 7) is 7.83. The maximum atomic E-state index is 13.7. The second-order valence-electron chi connectivity index (χ2n) is 9.00. The molecule has 2 aromatic carbocycles. The van der Waals surface area contributed by atoms with Crippen LogP contribution in [0, 0.1) is 13.8 Å². The van der Waals surface area contributed by atoms with E-state index in [1.165, 1.54) is 22.1 Å². The first-order valence-electron chi connectivity index (χ1n) is 11.8. The normalized spacial score (nSPS) is 13.4. The Hall–Kier alpha value is -2.08. The van der Waals surface area contributed by atoms with Crippen molar-refractivity contribution in [2.24, 2.45) is 0 Å². The topological polar surface area (TPSA) is 74.7 Å². The minimum atomic E-state index is -4.50. The zero-order chi connectivity index (χ0) is 27.5. The van der Waals surface area contributed by atoms with Gasteiger partial charge in [0.25, 0.3) is 10.0 Å². The van der Waals surface area contributed by atoms with Gasteiger partial charge in [-0.3, -0.25) is 4.79 Å². The molecule has 0 aliphatic heterocycles. The van der Waals surface area contributed by atoms with Gasteiger partial charge in [-0.15, -0.1) is 23.1 Å². The third-order valence-corrected chi connectivity index (χ3v) is 10.8. The number of carbonyl (C=O) groups is 1. The van der Waals surface area contributed by atoms with Gasteiger partial charge in [-0.25, -0.2) is 8.42 Å². The monoisotopic (exact) mass is 573 g/mol. The van der Waals surface area contributed by atoms with E-state index in [1.807, 2.05) is 39.0 Å².